The lowest BCUT2D eigenvalue weighted by molar-refractivity contribution is -0.139. The summed E-state index contributed by atoms with van der Waals surface area (Å²) in [5.74, 6) is -0.842. The highest BCUT2D eigenvalue weighted by Gasteiger charge is 2.26. The molecular formula is C4H7ClO2Si. The predicted molar refractivity (Wildman–Crippen MR) is 33.3 cm³/mol. The summed E-state index contributed by atoms with van der Waals surface area (Å²) in [5.41, 5.74) is 0. The molecule has 0 aromatic rings. The van der Waals surface area contributed by atoms with Gasteiger partial charge in [-0.3, -0.25) is 4.79 Å². The van der Waals surface area contributed by atoms with Crippen molar-refractivity contribution in [3.8, 4) is 0 Å². The molecule has 8 heavy (non-hydrogen) atoms. The molecule has 2 radical (unpaired) electrons. The number of hydrogen-bond donors (Lipinski definition) is 1. The van der Waals surface area contributed by atoms with Crippen molar-refractivity contribution in [3.05, 3.63) is 0 Å². The Hall–Kier alpha value is -0.0231. The summed E-state index contributed by atoms with van der Waals surface area (Å²) < 4.78 is 0. The van der Waals surface area contributed by atoms with Crippen molar-refractivity contribution >= 4 is 25.9 Å². The van der Waals surface area contributed by atoms with Crippen molar-refractivity contribution in [2.24, 2.45) is 0 Å². The molecule has 0 heterocycles. The van der Waals surface area contributed by atoms with E-state index in [4.69, 9.17) is 16.2 Å². The van der Waals surface area contributed by atoms with Crippen LogP contribution in [0.2, 0.25) is 5.04 Å². The first-order valence-corrected chi connectivity index (χ1v) is 4.13. The van der Waals surface area contributed by atoms with Crippen molar-refractivity contribution < 1.29 is 9.90 Å². The fraction of sp³-hybridized carbons (Fsp3) is 0.750. The SMILES string of the molecule is CC(C)([Si]Cl)C(=O)O. The maximum atomic E-state index is 10.2. The van der Waals surface area contributed by atoms with Gasteiger partial charge in [0.2, 0.25) is 0 Å². The first kappa shape index (κ1) is 7.98. The molecule has 46 valence electrons. The van der Waals surface area contributed by atoms with Crippen LogP contribution in [0.25, 0.3) is 0 Å². The normalized spacial score (nSPS) is 11.4. The minimum Gasteiger partial charge on any atom is -0.481 e. The molecule has 0 amide bonds. The van der Waals surface area contributed by atoms with Crippen molar-refractivity contribution in [2.75, 3.05) is 0 Å². The van der Waals surface area contributed by atoms with Crippen molar-refractivity contribution in [2.45, 2.75) is 18.9 Å². The van der Waals surface area contributed by atoms with E-state index in [1.54, 1.807) is 13.8 Å². The highest BCUT2D eigenvalue weighted by atomic mass is 35.6. The summed E-state index contributed by atoms with van der Waals surface area (Å²) in [4.78, 5) is 10.2. The third-order valence-electron chi connectivity index (χ3n) is 0.771. The minimum absolute atomic E-state index is 0.0625. The van der Waals surface area contributed by atoms with E-state index >= 15 is 0 Å². The molecule has 0 saturated carbocycles. The molecule has 0 saturated heterocycles. The monoisotopic (exact) mass is 150 g/mol. The highest BCUT2D eigenvalue weighted by molar-refractivity contribution is 6.96. The van der Waals surface area contributed by atoms with Gasteiger partial charge in [0.25, 0.3) is 0 Å². The predicted octanol–water partition coefficient (Wildman–Crippen LogP) is 1.13. The number of carboxylic acids is 1. The zero-order valence-corrected chi connectivity index (χ0v) is 6.49. The Bertz CT molecular complexity index is 102. The standard InChI is InChI=1S/C4H7ClO2Si/c1-4(2,8-5)3(6)7/h1-2H3,(H,6,7). The Balaban J connectivity index is 3.91. The molecule has 0 aromatic carbocycles. The summed E-state index contributed by atoms with van der Waals surface area (Å²) in [6.45, 7) is 3.20. The quantitative estimate of drug-likeness (QED) is 0.473. The Morgan fingerprint density at radius 1 is 1.75 bits per heavy atom. The second-order valence-electron chi connectivity index (χ2n) is 2.02. The summed E-state index contributed by atoms with van der Waals surface area (Å²) in [6.07, 6.45) is 0. The van der Waals surface area contributed by atoms with Crippen molar-refractivity contribution in [1.82, 2.24) is 0 Å². The molecule has 0 aliphatic heterocycles. The Morgan fingerprint density at radius 3 is 2.12 bits per heavy atom. The fourth-order valence-electron chi connectivity index (χ4n) is 0.0404. The summed E-state index contributed by atoms with van der Waals surface area (Å²) >= 11 is 5.34. The van der Waals surface area contributed by atoms with Crippen LogP contribution in [-0.2, 0) is 4.79 Å². The van der Waals surface area contributed by atoms with Crippen LogP contribution >= 0.6 is 11.1 Å². The zero-order valence-electron chi connectivity index (χ0n) is 4.73. The van der Waals surface area contributed by atoms with E-state index in [0.717, 1.165) is 0 Å². The Kier molecular flexibility index (Phi) is 2.50. The molecule has 0 atom stereocenters. The van der Waals surface area contributed by atoms with Gasteiger partial charge in [0.05, 0.1) is 5.04 Å². The van der Waals surface area contributed by atoms with E-state index in [2.05, 4.69) is 0 Å². The molecule has 0 aromatic heterocycles. The summed E-state index contributed by atoms with van der Waals surface area (Å²) in [6, 6.07) is 0. The molecule has 0 aliphatic carbocycles. The summed E-state index contributed by atoms with van der Waals surface area (Å²) in [7, 11) is -0.0625. The third-order valence-corrected chi connectivity index (χ3v) is 2.87. The van der Waals surface area contributed by atoms with Gasteiger partial charge in [0.15, 0.2) is 8.83 Å². The average Bonchev–Trinajstić information content (AvgIpc) is 1.67. The summed E-state index contributed by atoms with van der Waals surface area (Å²) in [5, 5.41) is 7.62. The molecule has 0 aliphatic rings. The molecule has 0 bridgehead atoms. The van der Waals surface area contributed by atoms with Gasteiger partial charge in [-0.2, -0.15) is 11.1 Å². The zero-order chi connectivity index (χ0) is 6.78. The maximum absolute atomic E-state index is 10.2. The molecule has 2 nitrogen and oxygen atoms in total. The lowest BCUT2D eigenvalue weighted by Crippen LogP contribution is -2.19. The molecule has 0 fully saturated rings. The molecule has 0 spiro atoms. The van der Waals surface area contributed by atoms with Crippen LogP contribution in [0.3, 0.4) is 0 Å². The highest BCUT2D eigenvalue weighted by Crippen LogP contribution is 2.22. The molecular weight excluding hydrogens is 144 g/mol. The van der Waals surface area contributed by atoms with Crippen LogP contribution < -0.4 is 0 Å². The van der Waals surface area contributed by atoms with Gasteiger partial charge in [-0.15, -0.1) is 0 Å². The lowest BCUT2D eigenvalue weighted by atomic mass is 10.2. The first-order valence-electron chi connectivity index (χ1n) is 2.12. The first-order chi connectivity index (χ1) is 3.50. The van der Waals surface area contributed by atoms with E-state index in [1.165, 1.54) is 0 Å². The van der Waals surface area contributed by atoms with Crippen LogP contribution in [0.1, 0.15) is 13.8 Å². The molecule has 0 rings (SSSR count). The van der Waals surface area contributed by atoms with E-state index in [-0.39, 0.29) is 8.83 Å². The number of aliphatic carboxylic acids is 1. The topological polar surface area (TPSA) is 37.3 Å². The van der Waals surface area contributed by atoms with E-state index < -0.39 is 11.0 Å². The van der Waals surface area contributed by atoms with Gasteiger partial charge in [0, 0.05) is 0 Å². The molecule has 4 heteroatoms. The van der Waals surface area contributed by atoms with Gasteiger partial charge in [-0.05, 0) is 0 Å². The van der Waals surface area contributed by atoms with Crippen LogP contribution in [0, 0.1) is 0 Å². The lowest BCUT2D eigenvalue weighted by Gasteiger charge is -2.11. The second-order valence-corrected chi connectivity index (χ2v) is 4.03. The number of rotatable bonds is 2. The van der Waals surface area contributed by atoms with Crippen LogP contribution in [0.4, 0.5) is 0 Å². The van der Waals surface area contributed by atoms with E-state index in [1.807, 2.05) is 0 Å². The number of hydrogen-bond acceptors (Lipinski definition) is 1. The minimum atomic E-state index is -0.842. The van der Waals surface area contributed by atoms with Gasteiger partial charge < -0.3 is 5.11 Å². The second kappa shape index (κ2) is 2.50. The van der Waals surface area contributed by atoms with Crippen LogP contribution in [-0.4, -0.2) is 19.9 Å². The third kappa shape index (κ3) is 1.84. The molecule has 0 unspecified atom stereocenters. The largest absolute Gasteiger partial charge is 0.481 e. The van der Waals surface area contributed by atoms with Crippen LogP contribution in [0.15, 0.2) is 0 Å². The average molecular weight is 151 g/mol. The Morgan fingerprint density at radius 2 is 2.12 bits per heavy atom. The fourth-order valence-corrected chi connectivity index (χ4v) is 0.364. The van der Waals surface area contributed by atoms with E-state index in [0.29, 0.717) is 0 Å². The van der Waals surface area contributed by atoms with E-state index in [9.17, 15) is 4.79 Å². The van der Waals surface area contributed by atoms with Crippen molar-refractivity contribution in [3.63, 3.8) is 0 Å². The van der Waals surface area contributed by atoms with Crippen LogP contribution in [0.5, 0.6) is 0 Å². The number of carboxylic acid groups (broad SMARTS) is 1. The smallest absolute Gasteiger partial charge is 0.307 e. The van der Waals surface area contributed by atoms with Crippen molar-refractivity contribution in [1.29, 1.82) is 0 Å². The van der Waals surface area contributed by atoms with Gasteiger partial charge in [0.1, 0.15) is 0 Å². The number of carbonyl (C=O) groups is 1. The van der Waals surface area contributed by atoms with Gasteiger partial charge in [-0.1, -0.05) is 13.8 Å². The number of halogens is 1. The maximum Gasteiger partial charge on any atom is 0.307 e. The van der Waals surface area contributed by atoms with Gasteiger partial charge in [-0.25, -0.2) is 0 Å². The van der Waals surface area contributed by atoms with Gasteiger partial charge >= 0.3 is 5.97 Å². The Labute approximate surface area is 55.4 Å². The molecule has 1 N–H and O–H groups in total.